The van der Waals surface area contributed by atoms with Crippen LogP contribution in [0.3, 0.4) is 0 Å². The number of hydrogen-bond donors (Lipinski definition) is 4. The van der Waals surface area contributed by atoms with E-state index in [4.69, 9.17) is 10.2 Å². The number of aliphatic carboxylic acids is 2. The molecule has 0 saturated carbocycles. The molecule has 8 nitrogen and oxygen atoms in total. The van der Waals surface area contributed by atoms with Crippen molar-refractivity contribution < 1.29 is 29.4 Å². The summed E-state index contributed by atoms with van der Waals surface area (Å²) < 4.78 is 0. The van der Waals surface area contributed by atoms with Gasteiger partial charge in [-0.3, -0.25) is 14.4 Å². The van der Waals surface area contributed by atoms with Gasteiger partial charge in [0.2, 0.25) is 11.8 Å². The molecule has 0 bridgehead atoms. The van der Waals surface area contributed by atoms with Gasteiger partial charge in [0.25, 0.3) is 0 Å². The van der Waals surface area contributed by atoms with Gasteiger partial charge in [0.05, 0.1) is 6.42 Å². The first-order valence-electron chi connectivity index (χ1n) is 6.56. The summed E-state index contributed by atoms with van der Waals surface area (Å²) in [6.07, 6.45) is -0.331. The average molecular weight is 302 g/mol. The van der Waals surface area contributed by atoms with Gasteiger partial charge in [0.15, 0.2) is 0 Å². The van der Waals surface area contributed by atoms with E-state index in [1.165, 1.54) is 0 Å². The fourth-order valence-corrected chi connectivity index (χ4v) is 1.36. The van der Waals surface area contributed by atoms with Crippen LogP contribution in [0.1, 0.15) is 40.0 Å². The molecule has 8 heteroatoms. The van der Waals surface area contributed by atoms with Crippen molar-refractivity contribution in [2.24, 2.45) is 5.41 Å². The summed E-state index contributed by atoms with van der Waals surface area (Å²) >= 11 is 0. The summed E-state index contributed by atoms with van der Waals surface area (Å²) in [5.74, 6) is -3.40. The third kappa shape index (κ3) is 8.61. The summed E-state index contributed by atoms with van der Waals surface area (Å²) in [6.45, 7) is 5.58. The number of carboxylic acids is 2. The summed E-state index contributed by atoms with van der Waals surface area (Å²) in [5.41, 5.74) is -0.516. The molecular weight excluding hydrogens is 280 g/mol. The van der Waals surface area contributed by atoms with Gasteiger partial charge in [-0.25, -0.2) is 4.79 Å². The number of carbonyl (C=O) groups is 4. The normalized spacial score (nSPS) is 12.3. The molecule has 1 atom stereocenters. The predicted octanol–water partition coefficient (Wildman–Crippen LogP) is -0.0270. The Kier molecular flexibility index (Phi) is 7.40. The second kappa shape index (κ2) is 8.23. The Hall–Kier alpha value is -2.12. The van der Waals surface area contributed by atoms with Crippen LogP contribution in [0.5, 0.6) is 0 Å². The number of hydrogen-bond acceptors (Lipinski definition) is 4. The van der Waals surface area contributed by atoms with E-state index in [9.17, 15) is 19.2 Å². The van der Waals surface area contributed by atoms with Gasteiger partial charge in [-0.2, -0.15) is 0 Å². The minimum atomic E-state index is -1.45. The Labute approximate surface area is 122 Å². The van der Waals surface area contributed by atoms with Crippen LogP contribution in [0, 0.1) is 5.41 Å². The summed E-state index contributed by atoms with van der Waals surface area (Å²) in [6, 6.07) is -1.45. The third-order valence-corrected chi connectivity index (χ3v) is 2.56. The highest BCUT2D eigenvalue weighted by Gasteiger charge is 2.23. The lowest BCUT2D eigenvalue weighted by atomic mass is 9.96. The van der Waals surface area contributed by atoms with Crippen molar-refractivity contribution in [1.82, 2.24) is 10.6 Å². The van der Waals surface area contributed by atoms with Crippen LogP contribution in [0.2, 0.25) is 0 Å². The van der Waals surface area contributed by atoms with Crippen molar-refractivity contribution in [2.45, 2.75) is 46.1 Å². The van der Waals surface area contributed by atoms with Gasteiger partial charge in [0.1, 0.15) is 6.04 Å². The quantitative estimate of drug-likeness (QED) is 0.465. The molecule has 0 aliphatic carbocycles. The molecule has 120 valence electrons. The average Bonchev–Trinajstić information content (AvgIpc) is 2.31. The van der Waals surface area contributed by atoms with E-state index < -0.39 is 35.7 Å². The van der Waals surface area contributed by atoms with E-state index in [-0.39, 0.29) is 12.3 Å². The number of rotatable bonds is 8. The number of carbonyl (C=O) groups excluding carboxylic acids is 2. The summed E-state index contributed by atoms with van der Waals surface area (Å²) in [7, 11) is 0. The van der Waals surface area contributed by atoms with Crippen LogP contribution in [-0.2, 0) is 19.2 Å². The fourth-order valence-electron chi connectivity index (χ4n) is 1.36. The molecule has 4 N–H and O–H groups in total. The van der Waals surface area contributed by atoms with Gasteiger partial charge in [0, 0.05) is 18.4 Å². The first-order valence-corrected chi connectivity index (χ1v) is 6.56. The van der Waals surface area contributed by atoms with Crippen molar-refractivity contribution >= 4 is 23.8 Å². The summed E-state index contributed by atoms with van der Waals surface area (Å²) in [4.78, 5) is 44.3. The molecule has 0 rings (SSSR count). The molecule has 0 aromatic carbocycles. The largest absolute Gasteiger partial charge is 0.481 e. The van der Waals surface area contributed by atoms with Gasteiger partial charge in [-0.1, -0.05) is 20.8 Å². The van der Waals surface area contributed by atoms with Crippen LogP contribution in [0.25, 0.3) is 0 Å². The molecule has 2 amide bonds. The van der Waals surface area contributed by atoms with Crippen LogP contribution < -0.4 is 10.6 Å². The van der Waals surface area contributed by atoms with E-state index in [1.54, 1.807) is 20.8 Å². The molecule has 0 fully saturated rings. The van der Waals surface area contributed by atoms with Crippen LogP contribution in [-0.4, -0.2) is 46.6 Å². The van der Waals surface area contributed by atoms with Crippen molar-refractivity contribution in [3.05, 3.63) is 0 Å². The number of nitrogens with one attached hydrogen (secondary N) is 2. The van der Waals surface area contributed by atoms with Crippen molar-refractivity contribution in [1.29, 1.82) is 0 Å². The molecular formula is C13H22N2O6. The van der Waals surface area contributed by atoms with E-state index in [0.717, 1.165) is 0 Å². The second-order valence-corrected chi connectivity index (χ2v) is 5.67. The topological polar surface area (TPSA) is 133 Å². The maximum atomic E-state index is 11.5. The Balaban J connectivity index is 4.07. The standard InChI is InChI=1S/C13H22N2O6/c1-13(2,3)12(21)14-6-4-5-9(16)15-8(11(19)20)7-10(17)18/h8H,4-7H2,1-3H3,(H,14,21)(H,15,16)(H,17,18)(H,19,20)/t8-/m0/s1. The van der Waals surface area contributed by atoms with Crippen molar-refractivity contribution in [3.63, 3.8) is 0 Å². The molecule has 0 aromatic heterocycles. The van der Waals surface area contributed by atoms with E-state index >= 15 is 0 Å². The maximum absolute atomic E-state index is 11.5. The first-order chi connectivity index (χ1) is 9.54. The zero-order valence-electron chi connectivity index (χ0n) is 12.4. The van der Waals surface area contributed by atoms with Crippen LogP contribution in [0.4, 0.5) is 0 Å². The Morgan fingerprint density at radius 1 is 1.10 bits per heavy atom. The van der Waals surface area contributed by atoms with Crippen LogP contribution >= 0.6 is 0 Å². The van der Waals surface area contributed by atoms with E-state index in [1.807, 2.05) is 0 Å². The van der Waals surface area contributed by atoms with Gasteiger partial charge >= 0.3 is 11.9 Å². The lowest BCUT2D eigenvalue weighted by Gasteiger charge is -2.17. The smallest absolute Gasteiger partial charge is 0.326 e. The molecule has 0 heterocycles. The van der Waals surface area contributed by atoms with E-state index in [0.29, 0.717) is 13.0 Å². The Morgan fingerprint density at radius 2 is 1.67 bits per heavy atom. The molecule has 0 unspecified atom stereocenters. The third-order valence-electron chi connectivity index (χ3n) is 2.56. The molecule has 0 aliphatic heterocycles. The summed E-state index contributed by atoms with van der Waals surface area (Å²) in [5, 5.41) is 22.1. The highest BCUT2D eigenvalue weighted by molar-refractivity contribution is 5.86. The zero-order chi connectivity index (χ0) is 16.6. The fraction of sp³-hybridized carbons (Fsp3) is 0.692. The highest BCUT2D eigenvalue weighted by Crippen LogP contribution is 2.12. The van der Waals surface area contributed by atoms with Gasteiger partial charge in [-0.05, 0) is 6.42 Å². The van der Waals surface area contributed by atoms with E-state index in [2.05, 4.69) is 10.6 Å². The lowest BCUT2D eigenvalue weighted by Crippen LogP contribution is -2.42. The number of amides is 2. The second-order valence-electron chi connectivity index (χ2n) is 5.67. The Morgan fingerprint density at radius 3 is 2.10 bits per heavy atom. The molecule has 0 aromatic rings. The minimum absolute atomic E-state index is 0.00776. The maximum Gasteiger partial charge on any atom is 0.326 e. The zero-order valence-corrected chi connectivity index (χ0v) is 12.4. The van der Waals surface area contributed by atoms with Crippen LogP contribution in [0.15, 0.2) is 0 Å². The Bertz CT molecular complexity index is 413. The van der Waals surface area contributed by atoms with Gasteiger partial charge < -0.3 is 20.8 Å². The lowest BCUT2D eigenvalue weighted by molar-refractivity contribution is -0.147. The molecule has 0 aliphatic rings. The minimum Gasteiger partial charge on any atom is -0.481 e. The molecule has 0 spiro atoms. The van der Waals surface area contributed by atoms with Gasteiger partial charge in [-0.15, -0.1) is 0 Å². The molecule has 0 radical (unpaired) electrons. The number of carboxylic acid groups (broad SMARTS) is 2. The SMILES string of the molecule is CC(C)(C)C(=O)NCCCC(=O)N[C@@H](CC(=O)O)C(=O)O. The molecule has 21 heavy (non-hydrogen) atoms. The van der Waals surface area contributed by atoms with Crippen molar-refractivity contribution in [3.8, 4) is 0 Å². The van der Waals surface area contributed by atoms with Crippen molar-refractivity contribution in [2.75, 3.05) is 6.54 Å². The predicted molar refractivity (Wildman–Crippen MR) is 73.5 cm³/mol. The molecule has 0 saturated heterocycles. The highest BCUT2D eigenvalue weighted by atomic mass is 16.4. The monoisotopic (exact) mass is 302 g/mol. The first kappa shape index (κ1) is 18.9.